The summed E-state index contributed by atoms with van der Waals surface area (Å²) in [5.74, 6) is -1.26. The number of carbonyl (C=O) groups is 1. The number of nitrogens with zero attached hydrogens (tertiary/aromatic N) is 3. The smallest absolute Gasteiger partial charge is 0.247 e. The maximum absolute atomic E-state index is 14.5. The van der Waals surface area contributed by atoms with Crippen molar-refractivity contribution < 1.29 is 23.4 Å². The third-order valence-corrected chi connectivity index (χ3v) is 6.16. The lowest BCUT2D eigenvalue weighted by atomic mass is 10.1. The minimum absolute atomic E-state index is 0.0547. The molecule has 0 atom stereocenters. The van der Waals surface area contributed by atoms with Crippen LogP contribution in [0.15, 0.2) is 79.5 Å². The van der Waals surface area contributed by atoms with Crippen LogP contribution in [0, 0.1) is 11.6 Å². The lowest BCUT2D eigenvalue weighted by Gasteiger charge is -2.29. The van der Waals surface area contributed by atoms with Gasteiger partial charge in [0.25, 0.3) is 0 Å². The minimum atomic E-state index is -0.634. The van der Waals surface area contributed by atoms with Gasteiger partial charge in [0.05, 0.1) is 42.2 Å². The summed E-state index contributed by atoms with van der Waals surface area (Å²) in [4.78, 5) is 22.9. The van der Waals surface area contributed by atoms with Crippen molar-refractivity contribution in [2.45, 2.75) is 0 Å². The number of aromatic nitrogens is 2. The number of aromatic hydroxyl groups is 1. The molecule has 4 N–H and O–H groups in total. The first-order chi connectivity index (χ1) is 19.4. The van der Waals surface area contributed by atoms with Gasteiger partial charge in [-0.05, 0) is 60.7 Å². The Morgan fingerprint density at radius 2 is 1.80 bits per heavy atom. The van der Waals surface area contributed by atoms with Gasteiger partial charge in [-0.15, -0.1) is 0 Å². The van der Waals surface area contributed by atoms with Crippen molar-refractivity contribution >= 4 is 40.3 Å². The number of anilines is 6. The number of halogens is 2. The number of phenolic OH excluding ortho intramolecular Hbond substituents is 1. The van der Waals surface area contributed by atoms with E-state index in [1.807, 2.05) is 4.90 Å². The number of amides is 1. The molecule has 0 unspecified atom stereocenters. The van der Waals surface area contributed by atoms with E-state index in [1.165, 1.54) is 36.5 Å². The molecule has 1 aliphatic rings. The van der Waals surface area contributed by atoms with Gasteiger partial charge in [-0.25, -0.2) is 18.7 Å². The van der Waals surface area contributed by atoms with Crippen LogP contribution in [-0.2, 0) is 9.53 Å². The first-order valence-electron chi connectivity index (χ1n) is 12.5. The highest BCUT2D eigenvalue weighted by Crippen LogP contribution is 2.34. The highest BCUT2D eigenvalue weighted by Gasteiger charge is 2.17. The molecule has 0 radical (unpaired) electrons. The van der Waals surface area contributed by atoms with Crippen LogP contribution in [0.1, 0.15) is 0 Å². The molecule has 3 aromatic carbocycles. The molecule has 1 fully saturated rings. The van der Waals surface area contributed by atoms with Crippen molar-refractivity contribution in [1.82, 2.24) is 9.97 Å². The summed E-state index contributed by atoms with van der Waals surface area (Å²) in [6.07, 6.45) is 2.56. The van der Waals surface area contributed by atoms with Crippen molar-refractivity contribution in [2.75, 3.05) is 47.2 Å². The van der Waals surface area contributed by atoms with Gasteiger partial charge in [-0.3, -0.25) is 4.79 Å². The molecule has 204 valence electrons. The summed E-state index contributed by atoms with van der Waals surface area (Å²) >= 11 is 0. The fraction of sp³-hybridized carbons (Fsp3) is 0.138. The molecule has 1 aromatic heterocycles. The van der Waals surface area contributed by atoms with Crippen LogP contribution < -0.4 is 20.9 Å². The van der Waals surface area contributed by atoms with Crippen LogP contribution >= 0.6 is 0 Å². The third-order valence-electron chi connectivity index (χ3n) is 6.16. The van der Waals surface area contributed by atoms with Gasteiger partial charge in [0, 0.05) is 30.0 Å². The summed E-state index contributed by atoms with van der Waals surface area (Å²) in [7, 11) is 0. The van der Waals surface area contributed by atoms with Gasteiger partial charge < -0.3 is 30.7 Å². The quantitative estimate of drug-likeness (QED) is 0.168. The fourth-order valence-electron chi connectivity index (χ4n) is 4.22. The van der Waals surface area contributed by atoms with Crippen molar-refractivity contribution in [3.63, 3.8) is 0 Å². The predicted molar refractivity (Wildman–Crippen MR) is 150 cm³/mol. The molecule has 1 amide bonds. The maximum Gasteiger partial charge on any atom is 0.247 e. The van der Waals surface area contributed by atoms with Crippen molar-refractivity contribution in [1.29, 1.82) is 0 Å². The van der Waals surface area contributed by atoms with Gasteiger partial charge in [0.15, 0.2) is 0 Å². The Labute approximate surface area is 229 Å². The van der Waals surface area contributed by atoms with Gasteiger partial charge in [0.1, 0.15) is 17.4 Å². The molecule has 4 aromatic rings. The Morgan fingerprint density at radius 1 is 1.00 bits per heavy atom. The average molecular weight is 545 g/mol. The molecular formula is C29H26F2N6O3. The van der Waals surface area contributed by atoms with E-state index in [0.29, 0.717) is 60.3 Å². The third kappa shape index (κ3) is 6.16. The van der Waals surface area contributed by atoms with Crippen LogP contribution in [0.5, 0.6) is 5.75 Å². The molecule has 11 heteroatoms. The summed E-state index contributed by atoms with van der Waals surface area (Å²) < 4.78 is 33.7. The number of rotatable bonds is 8. The molecule has 0 bridgehead atoms. The van der Waals surface area contributed by atoms with Crippen molar-refractivity contribution in [2.24, 2.45) is 0 Å². The van der Waals surface area contributed by atoms with Gasteiger partial charge >= 0.3 is 0 Å². The molecule has 9 nitrogen and oxygen atoms in total. The van der Waals surface area contributed by atoms with Crippen molar-refractivity contribution in [3.05, 3.63) is 91.1 Å². The molecule has 0 aliphatic carbocycles. The monoisotopic (exact) mass is 544 g/mol. The molecule has 5 rings (SSSR count). The van der Waals surface area contributed by atoms with E-state index in [0.717, 1.165) is 6.08 Å². The highest BCUT2D eigenvalue weighted by molar-refractivity contribution is 5.99. The molecule has 2 heterocycles. The Balaban J connectivity index is 1.51. The number of benzene rings is 3. The first-order valence-corrected chi connectivity index (χ1v) is 12.5. The molecule has 0 saturated carbocycles. The Morgan fingerprint density at radius 3 is 2.58 bits per heavy atom. The van der Waals surface area contributed by atoms with E-state index in [-0.39, 0.29) is 17.4 Å². The van der Waals surface area contributed by atoms with Gasteiger partial charge in [-0.1, -0.05) is 12.6 Å². The zero-order valence-corrected chi connectivity index (χ0v) is 21.3. The number of morpholine rings is 1. The van der Waals surface area contributed by atoms with Crippen molar-refractivity contribution in [3.8, 4) is 17.0 Å². The fourth-order valence-corrected chi connectivity index (χ4v) is 4.22. The van der Waals surface area contributed by atoms with E-state index >= 15 is 0 Å². The van der Waals surface area contributed by atoms with E-state index in [4.69, 9.17) is 4.74 Å². The Hall–Kier alpha value is -5.03. The lowest BCUT2D eigenvalue weighted by Crippen LogP contribution is -2.36. The summed E-state index contributed by atoms with van der Waals surface area (Å²) in [6, 6.07) is 15.1. The first kappa shape index (κ1) is 26.6. The number of ether oxygens (including phenoxy) is 1. The van der Waals surface area contributed by atoms with Crippen LogP contribution in [0.4, 0.5) is 43.2 Å². The summed E-state index contributed by atoms with van der Waals surface area (Å²) in [5.41, 5.74) is 2.94. The van der Waals surface area contributed by atoms with Crippen LogP contribution in [0.25, 0.3) is 11.3 Å². The summed E-state index contributed by atoms with van der Waals surface area (Å²) in [6.45, 7) is 5.82. The number of phenols is 1. The predicted octanol–water partition coefficient (Wildman–Crippen LogP) is 5.58. The average Bonchev–Trinajstić information content (AvgIpc) is 2.96. The second-order valence-electron chi connectivity index (χ2n) is 8.91. The van der Waals surface area contributed by atoms with E-state index in [1.54, 1.807) is 30.3 Å². The van der Waals surface area contributed by atoms with Gasteiger partial charge in [0.2, 0.25) is 11.9 Å². The zero-order valence-electron chi connectivity index (χ0n) is 21.3. The van der Waals surface area contributed by atoms with Crippen LogP contribution in [0.3, 0.4) is 0 Å². The second-order valence-corrected chi connectivity index (χ2v) is 8.91. The Bertz CT molecular complexity index is 1560. The number of hydrogen-bond donors (Lipinski definition) is 4. The molecular weight excluding hydrogens is 518 g/mol. The number of carbonyl (C=O) groups excluding carboxylic acids is 1. The topological polar surface area (TPSA) is 112 Å². The van der Waals surface area contributed by atoms with E-state index in [9.17, 15) is 18.7 Å². The van der Waals surface area contributed by atoms with Crippen LogP contribution in [-0.4, -0.2) is 47.3 Å². The number of nitrogens with one attached hydrogen (secondary N) is 3. The Kier molecular flexibility index (Phi) is 7.83. The largest absolute Gasteiger partial charge is 0.506 e. The standard InChI is InChI=1S/C29H26F2N6O3/c1-2-27(39)35-23-14-18(6-8-22(23)31)28-24(33-20-5-3-4-19(30)15-20)17-32-29(36-28)34-21-7-9-26(38)25(16-21)37-10-12-40-13-11-37/h2-9,14-17,33,38H,1,10-13H2,(H,35,39)(H,32,34,36). The van der Waals surface area contributed by atoms with Crippen LogP contribution in [0.2, 0.25) is 0 Å². The maximum atomic E-state index is 14.5. The molecule has 1 aliphatic heterocycles. The molecule has 1 saturated heterocycles. The van der Waals surface area contributed by atoms with E-state index in [2.05, 4.69) is 32.5 Å². The van der Waals surface area contributed by atoms with E-state index < -0.39 is 17.5 Å². The summed E-state index contributed by atoms with van der Waals surface area (Å²) in [5, 5.41) is 19.1. The molecule has 0 spiro atoms. The highest BCUT2D eigenvalue weighted by atomic mass is 19.1. The normalized spacial score (nSPS) is 13.0. The second kappa shape index (κ2) is 11.8. The molecule has 40 heavy (non-hydrogen) atoms. The lowest BCUT2D eigenvalue weighted by molar-refractivity contribution is -0.111. The van der Waals surface area contributed by atoms with Gasteiger partial charge in [-0.2, -0.15) is 0 Å². The minimum Gasteiger partial charge on any atom is -0.506 e. The number of hydrogen-bond acceptors (Lipinski definition) is 8. The SMILES string of the molecule is C=CC(=O)Nc1cc(-c2nc(Nc3ccc(O)c(N4CCOCC4)c3)ncc2Nc2cccc(F)c2)ccc1F. The zero-order chi connectivity index (χ0) is 28.1.